The third-order valence-electron chi connectivity index (χ3n) is 7.93. The highest BCUT2D eigenvalue weighted by Gasteiger charge is 2.44. The zero-order valence-corrected chi connectivity index (χ0v) is 20.8. The van der Waals surface area contributed by atoms with Gasteiger partial charge in [-0.3, -0.25) is 9.78 Å². The summed E-state index contributed by atoms with van der Waals surface area (Å²) in [5.74, 6) is 0.611. The molecule has 7 heteroatoms. The van der Waals surface area contributed by atoms with Crippen LogP contribution in [-0.4, -0.2) is 59.3 Å². The standard InChI is InChI=1S/C28H32ClN3O3/c1-35-22-7-8-26-24(17-22)23(25(29)18-30-26)9-12-31-28(27(33)34)10-13-32(14-11-28)21-15-20(16-21)19-5-3-2-4-6-19/h2-8,17-18,20-21,31H,9-16H2,1H3,(H,33,34). The summed E-state index contributed by atoms with van der Waals surface area (Å²) in [4.78, 5) is 19.2. The van der Waals surface area contributed by atoms with Crippen LogP contribution in [0.1, 0.15) is 42.7 Å². The summed E-state index contributed by atoms with van der Waals surface area (Å²) in [5.41, 5.74) is 2.33. The number of rotatable bonds is 8. The second kappa shape index (κ2) is 10.1. The third-order valence-corrected chi connectivity index (χ3v) is 8.26. The second-order valence-electron chi connectivity index (χ2n) is 9.80. The van der Waals surface area contributed by atoms with Crippen molar-refractivity contribution in [1.82, 2.24) is 15.2 Å². The third kappa shape index (κ3) is 4.88. The number of pyridine rings is 1. The largest absolute Gasteiger partial charge is 0.497 e. The number of aromatic nitrogens is 1. The SMILES string of the molecule is COc1ccc2ncc(Cl)c(CCNC3(C(=O)O)CCN(C4CC(c5ccccc5)C4)CC3)c2c1. The number of carboxylic acid groups (broad SMARTS) is 1. The van der Waals surface area contributed by atoms with Gasteiger partial charge < -0.3 is 20.1 Å². The van der Waals surface area contributed by atoms with E-state index in [1.807, 2.05) is 18.2 Å². The number of nitrogens with zero attached hydrogens (tertiary/aromatic N) is 2. The summed E-state index contributed by atoms with van der Waals surface area (Å²) < 4.78 is 5.37. The number of nitrogens with one attached hydrogen (secondary N) is 1. The molecule has 0 unspecified atom stereocenters. The Balaban J connectivity index is 1.19. The molecule has 3 aromatic rings. The predicted octanol–water partition coefficient (Wildman–Crippen LogP) is 4.89. The lowest BCUT2D eigenvalue weighted by Gasteiger charge is -2.48. The predicted molar refractivity (Wildman–Crippen MR) is 138 cm³/mol. The number of halogens is 1. The fourth-order valence-corrected chi connectivity index (χ4v) is 5.88. The van der Waals surface area contributed by atoms with Crippen molar-refractivity contribution in [1.29, 1.82) is 0 Å². The van der Waals surface area contributed by atoms with Crippen molar-refractivity contribution < 1.29 is 14.6 Å². The van der Waals surface area contributed by atoms with Gasteiger partial charge in [0.15, 0.2) is 0 Å². The first kappa shape index (κ1) is 24.0. The minimum absolute atomic E-state index is 0.530. The molecule has 2 heterocycles. The highest BCUT2D eigenvalue weighted by Crippen LogP contribution is 2.41. The van der Waals surface area contributed by atoms with E-state index in [1.165, 1.54) is 5.56 Å². The Bertz CT molecular complexity index is 1190. The van der Waals surface area contributed by atoms with Crippen molar-refractivity contribution in [3.63, 3.8) is 0 Å². The molecule has 1 aromatic heterocycles. The van der Waals surface area contributed by atoms with E-state index >= 15 is 0 Å². The van der Waals surface area contributed by atoms with Crippen LogP contribution in [0.4, 0.5) is 0 Å². The van der Waals surface area contributed by atoms with Gasteiger partial charge in [0, 0.05) is 37.3 Å². The maximum absolute atomic E-state index is 12.3. The normalized spacial score (nSPS) is 22.0. The summed E-state index contributed by atoms with van der Waals surface area (Å²) in [7, 11) is 1.63. The van der Waals surface area contributed by atoms with E-state index in [0.717, 1.165) is 48.1 Å². The number of carboxylic acids is 1. The quantitative estimate of drug-likeness (QED) is 0.465. The van der Waals surface area contributed by atoms with Gasteiger partial charge in [-0.2, -0.15) is 0 Å². The number of fused-ring (bicyclic) bond motifs is 1. The Hall–Kier alpha value is -2.67. The van der Waals surface area contributed by atoms with Gasteiger partial charge >= 0.3 is 5.97 Å². The first-order valence-corrected chi connectivity index (χ1v) is 12.8. The summed E-state index contributed by atoms with van der Waals surface area (Å²) >= 11 is 6.50. The fraction of sp³-hybridized carbons (Fsp3) is 0.429. The molecule has 1 aliphatic heterocycles. The lowest BCUT2D eigenvalue weighted by atomic mass is 9.74. The van der Waals surface area contributed by atoms with Crippen molar-refractivity contribution in [3.8, 4) is 5.75 Å². The lowest BCUT2D eigenvalue weighted by molar-refractivity contribution is -0.147. The molecule has 0 atom stereocenters. The molecule has 6 nitrogen and oxygen atoms in total. The summed E-state index contributed by atoms with van der Waals surface area (Å²) in [6.45, 7) is 2.14. The van der Waals surface area contributed by atoms with Crippen LogP contribution in [0, 0.1) is 0 Å². The first-order chi connectivity index (χ1) is 17.0. The smallest absolute Gasteiger partial charge is 0.323 e. The van der Waals surface area contributed by atoms with Gasteiger partial charge in [-0.05, 0) is 67.3 Å². The van der Waals surface area contributed by atoms with E-state index in [-0.39, 0.29) is 0 Å². The number of carbonyl (C=O) groups is 1. The molecule has 1 saturated carbocycles. The van der Waals surface area contributed by atoms with Crippen molar-refractivity contribution in [2.45, 2.75) is 49.6 Å². The number of piperidine rings is 1. The van der Waals surface area contributed by atoms with Gasteiger partial charge in [0.2, 0.25) is 0 Å². The number of hydrogen-bond donors (Lipinski definition) is 2. The molecule has 0 radical (unpaired) electrons. The van der Waals surface area contributed by atoms with Crippen LogP contribution in [0.15, 0.2) is 54.7 Å². The zero-order chi connectivity index (χ0) is 24.4. The number of hydrogen-bond acceptors (Lipinski definition) is 5. The number of benzene rings is 2. The number of aliphatic carboxylic acids is 1. The molecule has 1 saturated heterocycles. The first-order valence-electron chi connectivity index (χ1n) is 12.4. The van der Waals surface area contributed by atoms with Crippen LogP contribution in [-0.2, 0) is 11.2 Å². The topological polar surface area (TPSA) is 74.7 Å². The van der Waals surface area contributed by atoms with Crippen LogP contribution in [0.3, 0.4) is 0 Å². The molecular formula is C28H32ClN3O3. The Morgan fingerprint density at radius 2 is 1.94 bits per heavy atom. The van der Waals surface area contributed by atoms with Gasteiger partial charge in [-0.1, -0.05) is 41.9 Å². The molecule has 0 spiro atoms. The van der Waals surface area contributed by atoms with Crippen molar-refractivity contribution in [2.24, 2.45) is 0 Å². The zero-order valence-electron chi connectivity index (χ0n) is 20.0. The van der Waals surface area contributed by atoms with Gasteiger partial charge in [0.1, 0.15) is 11.3 Å². The van der Waals surface area contributed by atoms with Crippen molar-refractivity contribution in [3.05, 3.63) is 70.9 Å². The summed E-state index contributed by atoms with van der Waals surface area (Å²) in [5, 5.41) is 15.1. The van der Waals surface area contributed by atoms with E-state index in [2.05, 4.69) is 45.5 Å². The molecule has 0 bridgehead atoms. The Morgan fingerprint density at radius 1 is 1.20 bits per heavy atom. The van der Waals surface area contributed by atoms with Crippen LogP contribution < -0.4 is 10.1 Å². The van der Waals surface area contributed by atoms with Gasteiger partial charge in [0.25, 0.3) is 0 Å². The van der Waals surface area contributed by atoms with E-state index < -0.39 is 11.5 Å². The van der Waals surface area contributed by atoms with E-state index in [9.17, 15) is 9.90 Å². The molecule has 35 heavy (non-hydrogen) atoms. The average molecular weight is 494 g/mol. The van der Waals surface area contributed by atoms with Crippen LogP contribution in [0.25, 0.3) is 10.9 Å². The molecule has 2 fully saturated rings. The number of likely N-dealkylation sites (tertiary alicyclic amines) is 1. The maximum Gasteiger partial charge on any atom is 0.323 e. The molecule has 184 valence electrons. The summed E-state index contributed by atoms with van der Waals surface area (Å²) in [6.07, 6.45) is 5.81. The van der Waals surface area contributed by atoms with Crippen molar-refractivity contribution in [2.75, 3.05) is 26.7 Å². The monoisotopic (exact) mass is 493 g/mol. The van der Waals surface area contributed by atoms with Crippen LogP contribution in [0.2, 0.25) is 5.02 Å². The highest BCUT2D eigenvalue weighted by atomic mass is 35.5. The molecular weight excluding hydrogens is 462 g/mol. The van der Waals surface area contributed by atoms with Gasteiger partial charge in [0.05, 0.1) is 17.6 Å². The summed E-state index contributed by atoms with van der Waals surface area (Å²) in [6, 6.07) is 17.0. The Morgan fingerprint density at radius 3 is 2.63 bits per heavy atom. The molecule has 2 N–H and O–H groups in total. The second-order valence-corrected chi connectivity index (χ2v) is 10.2. The number of methoxy groups -OCH3 is 1. The highest BCUT2D eigenvalue weighted by molar-refractivity contribution is 6.32. The van der Waals surface area contributed by atoms with E-state index in [4.69, 9.17) is 16.3 Å². The minimum atomic E-state index is -0.897. The molecule has 5 rings (SSSR count). The van der Waals surface area contributed by atoms with E-state index in [0.29, 0.717) is 42.8 Å². The fourth-order valence-electron chi connectivity index (χ4n) is 5.63. The number of ether oxygens (including phenoxy) is 1. The average Bonchev–Trinajstić information content (AvgIpc) is 2.85. The molecule has 2 aliphatic rings. The van der Waals surface area contributed by atoms with E-state index in [1.54, 1.807) is 13.3 Å². The van der Waals surface area contributed by atoms with Gasteiger partial charge in [-0.15, -0.1) is 0 Å². The molecule has 2 aromatic carbocycles. The minimum Gasteiger partial charge on any atom is -0.497 e. The lowest BCUT2D eigenvalue weighted by Crippen LogP contribution is -2.61. The van der Waals surface area contributed by atoms with Crippen LogP contribution in [0.5, 0.6) is 5.75 Å². The Kier molecular flexibility index (Phi) is 6.96. The van der Waals surface area contributed by atoms with Crippen LogP contribution >= 0.6 is 11.6 Å². The molecule has 1 aliphatic carbocycles. The molecule has 0 amide bonds. The maximum atomic E-state index is 12.3. The van der Waals surface area contributed by atoms with Crippen molar-refractivity contribution >= 4 is 28.5 Å². The Labute approximate surface area is 211 Å². The van der Waals surface area contributed by atoms with Gasteiger partial charge in [-0.25, -0.2) is 0 Å².